The number of halogens is 6. The Hall–Kier alpha value is -2.15. The second-order valence-corrected chi connectivity index (χ2v) is 11.4. The highest BCUT2D eigenvalue weighted by Gasteiger charge is 2.71. The van der Waals surface area contributed by atoms with Gasteiger partial charge in [0.1, 0.15) is 0 Å². The summed E-state index contributed by atoms with van der Waals surface area (Å²) in [5.41, 5.74) is -3.10. The summed E-state index contributed by atoms with van der Waals surface area (Å²) >= 11 is 0. The van der Waals surface area contributed by atoms with Crippen molar-refractivity contribution in [2.45, 2.75) is 43.3 Å². The molecule has 2 aliphatic rings. The van der Waals surface area contributed by atoms with E-state index in [1.807, 2.05) is 18.2 Å². The van der Waals surface area contributed by atoms with Crippen LogP contribution < -0.4 is 0 Å². The van der Waals surface area contributed by atoms with Gasteiger partial charge in [0, 0.05) is 38.3 Å². The molecule has 1 N–H and O–H groups in total. The van der Waals surface area contributed by atoms with Gasteiger partial charge in [0.2, 0.25) is 10.0 Å². The molecule has 0 spiro atoms. The molecule has 1 aliphatic carbocycles. The quantitative estimate of drug-likeness (QED) is 0.548. The number of alkyl halides is 6. The average molecular weight is 537 g/mol. The third-order valence-electron chi connectivity index (χ3n) is 6.77. The van der Waals surface area contributed by atoms with Gasteiger partial charge in [-0.3, -0.25) is 4.90 Å². The summed E-state index contributed by atoms with van der Waals surface area (Å²) in [4.78, 5) is 2.14. The maximum absolute atomic E-state index is 13.2. The van der Waals surface area contributed by atoms with Gasteiger partial charge in [-0.25, -0.2) is 8.42 Å². The zero-order valence-electron chi connectivity index (χ0n) is 19.4. The van der Waals surface area contributed by atoms with Crippen LogP contribution in [0.3, 0.4) is 0 Å². The first-order valence-corrected chi connectivity index (χ1v) is 13.2. The van der Waals surface area contributed by atoms with E-state index in [1.54, 1.807) is 0 Å². The molecule has 12 heteroatoms. The van der Waals surface area contributed by atoms with Gasteiger partial charge in [0.25, 0.3) is 5.60 Å². The Bertz CT molecular complexity index is 1190. The molecule has 2 aromatic rings. The van der Waals surface area contributed by atoms with Crippen LogP contribution in [0.25, 0.3) is 11.1 Å². The molecule has 198 valence electrons. The van der Waals surface area contributed by atoms with Crippen LogP contribution in [0.15, 0.2) is 42.5 Å². The minimum atomic E-state index is -5.93. The molecular weight excluding hydrogens is 510 g/mol. The van der Waals surface area contributed by atoms with E-state index in [1.165, 1.54) is 22.7 Å². The van der Waals surface area contributed by atoms with Gasteiger partial charge in [-0.1, -0.05) is 42.5 Å². The minimum Gasteiger partial charge on any atom is -0.369 e. The van der Waals surface area contributed by atoms with Crippen LogP contribution in [0.2, 0.25) is 0 Å². The predicted octanol–water partition coefficient (Wildman–Crippen LogP) is 4.62. The summed E-state index contributed by atoms with van der Waals surface area (Å²) in [6.07, 6.45) is -8.81. The van der Waals surface area contributed by atoms with Crippen molar-refractivity contribution in [1.29, 1.82) is 0 Å². The van der Waals surface area contributed by atoms with Gasteiger partial charge in [-0.2, -0.15) is 30.6 Å². The van der Waals surface area contributed by atoms with E-state index in [0.29, 0.717) is 50.4 Å². The van der Waals surface area contributed by atoms with Crippen LogP contribution in [0, 0.1) is 0 Å². The minimum absolute atomic E-state index is 0.254. The number of hydrogen-bond donors (Lipinski definition) is 1. The highest BCUT2D eigenvalue weighted by molar-refractivity contribution is 7.88. The van der Waals surface area contributed by atoms with Crippen LogP contribution >= 0.6 is 0 Å². The fourth-order valence-corrected chi connectivity index (χ4v) is 5.39. The summed E-state index contributed by atoms with van der Waals surface area (Å²) < 4.78 is 104. The summed E-state index contributed by atoms with van der Waals surface area (Å²) in [7, 11) is -3.23. The molecule has 5 nitrogen and oxygen atoms in total. The Balaban J connectivity index is 1.56. The molecule has 1 heterocycles. The van der Waals surface area contributed by atoms with Gasteiger partial charge in [-0.15, -0.1) is 0 Å². The average Bonchev–Trinajstić information content (AvgIpc) is 3.62. The predicted molar refractivity (Wildman–Crippen MR) is 122 cm³/mol. The van der Waals surface area contributed by atoms with Gasteiger partial charge in [0.15, 0.2) is 0 Å². The van der Waals surface area contributed by atoms with Crippen molar-refractivity contribution >= 4 is 10.0 Å². The maximum atomic E-state index is 13.2. The number of hydrogen-bond acceptors (Lipinski definition) is 4. The largest absolute Gasteiger partial charge is 0.430 e. The molecule has 1 aliphatic heterocycles. The Morgan fingerprint density at radius 1 is 0.889 bits per heavy atom. The number of aliphatic hydroxyl groups is 1. The molecule has 36 heavy (non-hydrogen) atoms. The van der Waals surface area contributed by atoms with Crippen molar-refractivity contribution in [2.75, 3.05) is 32.4 Å². The monoisotopic (exact) mass is 536 g/mol. The first-order chi connectivity index (χ1) is 16.6. The van der Waals surface area contributed by atoms with E-state index in [0.717, 1.165) is 29.5 Å². The molecule has 0 atom stereocenters. The highest BCUT2D eigenvalue weighted by Crippen LogP contribution is 2.50. The Morgan fingerprint density at radius 2 is 1.44 bits per heavy atom. The lowest BCUT2D eigenvalue weighted by Crippen LogP contribution is -2.53. The maximum Gasteiger partial charge on any atom is 0.430 e. The molecule has 2 aromatic carbocycles. The zero-order valence-corrected chi connectivity index (χ0v) is 20.2. The second-order valence-electron chi connectivity index (χ2n) is 9.42. The van der Waals surface area contributed by atoms with E-state index in [9.17, 15) is 39.9 Å². The second kappa shape index (κ2) is 9.30. The fourth-order valence-electron chi connectivity index (χ4n) is 4.56. The Kier molecular flexibility index (Phi) is 6.95. The third kappa shape index (κ3) is 5.27. The van der Waals surface area contributed by atoms with Crippen LogP contribution in [-0.2, 0) is 22.2 Å². The Morgan fingerprint density at radius 3 is 1.92 bits per heavy atom. The molecule has 2 fully saturated rings. The SMILES string of the molecule is CS(=O)(=O)N1CCN(Cc2ccc(-c3ccc(C(O)(C(F)(F)F)C(F)(F)F)cc3)c(C3CC3)c2)CC1. The summed E-state index contributed by atoms with van der Waals surface area (Å²) in [6.45, 7) is 2.56. The summed E-state index contributed by atoms with van der Waals surface area (Å²) in [5.74, 6) is 0.254. The van der Waals surface area contributed by atoms with E-state index in [4.69, 9.17) is 0 Å². The number of piperazine rings is 1. The fraction of sp³-hybridized carbons (Fsp3) is 0.500. The smallest absolute Gasteiger partial charge is 0.369 e. The van der Waals surface area contributed by atoms with E-state index in [2.05, 4.69) is 4.90 Å². The molecule has 0 bridgehead atoms. The van der Waals surface area contributed by atoms with E-state index in [-0.39, 0.29) is 5.92 Å². The van der Waals surface area contributed by atoms with Crippen molar-refractivity contribution < 1.29 is 39.9 Å². The van der Waals surface area contributed by atoms with Crippen molar-refractivity contribution in [1.82, 2.24) is 9.21 Å². The van der Waals surface area contributed by atoms with Gasteiger partial charge in [0.05, 0.1) is 6.26 Å². The van der Waals surface area contributed by atoms with Crippen molar-refractivity contribution in [3.05, 3.63) is 59.2 Å². The molecule has 0 unspecified atom stereocenters. The van der Waals surface area contributed by atoms with Gasteiger partial charge >= 0.3 is 12.4 Å². The van der Waals surface area contributed by atoms with Crippen LogP contribution in [-0.4, -0.2) is 67.5 Å². The first kappa shape index (κ1) is 26.9. The molecule has 1 saturated heterocycles. The molecule has 1 saturated carbocycles. The van der Waals surface area contributed by atoms with E-state index < -0.39 is 33.5 Å². The molecule has 0 amide bonds. The van der Waals surface area contributed by atoms with Crippen LogP contribution in [0.1, 0.15) is 35.4 Å². The zero-order chi connectivity index (χ0) is 26.5. The van der Waals surface area contributed by atoms with E-state index >= 15 is 0 Å². The topological polar surface area (TPSA) is 60.9 Å². The number of nitrogens with zero attached hydrogens (tertiary/aromatic N) is 2. The summed E-state index contributed by atoms with van der Waals surface area (Å²) in [6, 6.07) is 9.35. The van der Waals surface area contributed by atoms with Gasteiger partial charge in [-0.05, 0) is 41.0 Å². The number of benzene rings is 2. The number of sulfonamides is 1. The molecule has 0 aromatic heterocycles. The molecule has 4 rings (SSSR count). The third-order valence-corrected chi connectivity index (χ3v) is 8.08. The van der Waals surface area contributed by atoms with Gasteiger partial charge < -0.3 is 5.11 Å². The standard InChI is InChI=1S/C24H26F6N2O3S/c1-36(34,35)32-12-10-31(11-13-32)15-16-2-9-20(21(14-16)18-3-4-18)17-5-7-19(8-6-17)22(33,23(25,26)27)24(28,29)30/h2,5-9,14,18,33H,3-4,10-13,15H2,1H3. The number of rotatable bonds is 6. The summed E-state index contributed by atoms with van der Waals surface area (Å²) in [5, 5.41) is 9.63. The van der Waals surface area contributed by atoms with Crippen LogP contribution in [0.5, 0.6) is 0 Å². The highest BCUT2D eigenvalue weighted by atomic mass is 32.2. The molecule has 0 radical (unpaired) electrons. The van der Waals surface area contributed by atoms with Crippen molar-refractivity contribution in [3.8, 4) is 11.1 Å². The lowest BCUT2D eigenvalue weighted by Gasteiger charge is -2.33. The lowest BCUT2D eigenvalue weighted by molar-refractivity contribution is -0.376. The van der Waals surface area contributed by atoms with Crippen molar-refractivity contribution in [3.63, 3.8) is 0 Å². The normalized spacial score (nSPS) is 19.0. The van der Waals surface area contributed by atoms with Crippen molar-refractivity contribution in [2.24, 2.45) is 0 Å². The van der Waals surface area contributed by atoms with Crippen LogP contribution in [0.4, 0.5) is 26.3 Å². The lowest BCUT2D eigenvalue weighted by atomic mass is 9.89. The molecular formula is C24H26F6N2O3S. The first-order valence-electron chi connectivity index (χ1n) is 11.4. The Labute approximate surface area is 205 Å².